The van der Waals surface area contributed by atoms with E-state index in [2.05, 4.69) is 35.2 Å². The number of nitrogens with two attached hydrogens (primary N) is 1. The number of pyridine rings is 1. The first-order chi connectivity index (χ1) is 10.3. The fourth-order valence-corrected chi connectivity index (χ4v) is 3.11. The van der Waals surface area contributed by atoms with Gasteiger partial charge in [-0.2, -0.15) is 0 Å². The van der Waals surface area contributed by atoms with Crippen molar-refractivity contribution in [3.05, 3.63) is 35.9 Å². The van der Waals surface area contributed by atoms with Gasteiger partial charge in [0.2, 0.25) is 0 Å². The molecule has 0 bridgehead atoms. The van der Waals surface area contributed by atoms with E-state index < -0.39 is 0 Å². The van der Waals surface area contributed by atoms with Gasteiger partial charge in [0.25, 0.3) is 0 Å². The fraction of sp³-hybridized carbons (Fsp3) is 0.500. The summed E-state index contributed by atoms with van der Waals surface area (Å²) in [5, 5.41) is 1.23. The average molecular weight is 281 g/mol. The Morgan fingerprint density at radius 1 is 1.14 bits per heavy atom. The first-order valence-corrected chi connectivity index (χ1v) is 8.20. The largest absolute Gasteiger partial charge is 0.353 e. The number of para-hydroxylation sites is 1. The molecule has 3 nitrogen and oxygen atoms in total. The summed E-state index contributed by atoms with van der Waals surface area (Å²) in [6, 6.07) is 11.4. The molecule has 2 N–H and O–H groups in total. The molecule has 2 aliphatic carbocycles. The molecule has 0 unspecified atom stereocenters. The Kier molecular flexibility index (Phi) is 3.30. The zero-order valence-corrected chi connectivity index (χ0v) is 12.5. The van der Waals surface area contributed by atoms with Gasteiger partial charge in [0.15, 0.2) is 0 Å². The standard InChI is InChI=1S/C18H23N3/c19-10-9-15-11-14-3-1-2-4-17(14)20-18(15)21(16-7-8-16)12-13-5-6-13/h1-4,11,13,16H,5-10,12,19H2. The van der Waals surface area contributed by atoms with Crippen LogP contribution in [-0.2, 0) is 6.42 Å². The van der Waals surface area contributed by atoms with E-state index in [1.54, 1.807) is 0 Å². The van der Waals surface area contributed by atoms with Crippen LogP contribution in [0.4, 0.5) is 5.82 Å². The molecule has 1 aromatic carbocycles. The highest BCUT2D eigenvalue weighted by Crippen LogP contribution is 2.38. The lowest BCUT2D eigenvalue weighted by Crippen LogP contribution is -2.30. The van der Waals surface area contributed by atoms with E-state index in [-0.39, 0.29) is 0 Å². The Morgan fingerprint density at radius 3 is 2.67 bits per heavy atom. The number of benzene rings is 1. The van der Waals surface area contributed by atoms with Gasteiger partial charge in [-0.1, -0.05) is 18.2 Å². The number of aromatic nitrogens is 1. The SMILES string of the molecule is NCCc1cc2ccccc2nc1N(CC1CC1)C1CC1. The maximum Gasteiger partial charge on any atom is 0.132 e. The third-order valence-electron chi connectivity index (χ3n) is 4.61. The van der Waals surface area contributed by atoms with Crippen molar-refractivity contribution in [1.29, 1.82) is 0 Å². The molecule has 0 amide bonds. The summed E-state index contributed by atoms with van der Waals surface area (Å²) >= 11 is 0. The molecule has 1 heterocycles. The predicted molar refractivity (Wildman–Crippen MR) is 87.6 cm³/mol. The van der Waals surface area contributed by atoms with Crippen LogP contribution >= 0.6 is 0 Å². The van der Waals surface area contributed by atoms with E-state index in [0.717, 1.165) is 23.9 Å². The van der Waals surface area contributed by atoms with Crippen molar-refractivity contribution in [2.24, 2.45) is 11.7 Å². The van der Waals surface area contributed by atoms with Crippen LogP contribution in [0, 0.1) is 5.92 Å². The molecular weight excluding hydrogens is 258 g/mol. The Balaban J connectivity index is 1.77. The lowest BCUT2D eigenvalue weighted by Gasteiger charge is -2.26. The third kappa shape index (κ3) is 2.75. The molecule has 2 aliphatic rings. The van der Waals surface area contributed by atoms with E-state index in [9.17, 15) is 0 Å². The highest BCUT2D eigenvalue weighted by Gasteiger charge is 2.35. The number of hydrogen-bond acceptors (Lipinski definition) is 3. The van der Waals surface area contributed by atoms with E-state index in [1.165, 1.54) is 49.0 Å². The Bertz CT molecular complexity index is 644. The summed E-state index contributed by atoms with van der Waals surface area (Å²) in [6.07, 6.45) is 6.35. The Hall–Kier alpha value is -1.61. The minimum atomic E-state index is 0.689. The minimum Gasteiger partial charge on any atom is -0.353 e. The van der Waals surface area contributed by atoms with Crippen molar-refractivity contribution in [2.75, 3.05) is 18.0 Å². The van der Waals surface area contributed by atoms with Crippen LogP contribution in [0.15, 0.2) is 30.3 Å². The topological polar surface area (TPSA) is 42.1 Å². The normalized spacial score (nSPS) is 18.1. The molecular formula is C18H23N3. The van der Waals surface area contributed by atoms with Crippen LogP contribution in [0.5, 0.6) is 0 Å². The molecule has 110 valence electrons. The maximum absolute atomic E-state index is 5.83. The molecule has 0 saturated heterocycles. The number of hydrogen-bond donors (Lipinski definition) is 1. The first-order valence-electron chi connectivity index (χ1n) is 8.20. The lowest BCUT2D eigenvalue weighted by molar-refractivity contribution is 0.705. The summed E-state index contributed by atoms with van der Waals surface area (Å²) in [4.78, 5) is 7.59. The highest BCUT2D eigenvalue weighted by molar-refractivity contribution is 5.82. The summed E-state index contributed by atoms with van der Waals surface area (Å²) < 4.78 is 0. The van der Waals surface area contributed by atoms with Crippen LogP contribution in [0.25, 0.3) is 10.9 Å². The molecule has 2 aromatic rings. The average Bonchev–Trinajstić information content (AvgIpc) is 3.38. The van der Waals surface area contributed by atoms with Gasteiger partial charge in [-0.15, -0.1) is 0 Å². The van der Waals surface area contributed by atoms with E-state index in [0.29, 0.717) is 6.54 Å². The zero-order chi connectivity index (χ0) is 14.2. The van der Waals surface area contributed by atoms with Crippen LogP contribution < -0.4 is 10.6 Å². The van der Waals surface area contributed by atoms with Crippen molar-refractivity contribution in [2.45, 2.75) is 38.1 Å². The summed E-state index contributed by atoms with van der Waals surface area (Å²) in [5.74, 6) is 2.10. The van der Waals surface area contributed by atoms with Crippen molar-refractivity contribution in [3.8, 4) is 0 Å². The number of fused-ring (bicyclic) bond motifs is 1. The van der Waals surface area contributed by atoms with Crippen LogP contribution in [0.1, 0.15) is 31.2 Å². The second-order valence-corrected chi connectivity index (χ2v) is 6.53. The van der Waals surface area contributed by atoms with E-state index >= 15 is 0 Å². The molecule has 2 saturated carbocycles. The van der Waals surface area contributed by atoms with Gasteiger partial charge in [-0.25, -0.2) is 4.98 Å². The number of rotatable bonds is 6. The van der Waals surface area contributed by atoms with Gasteiger partial charge < -0.3 is 10.6 Å². The summed E-state index contributed by atoms with van der Waals surface area (Å²) in [7, 11) is 0. The molecule has 2 fully saturated rings. The van der Waals surface area contributed by atoms with E-state index in [4.69, 9.17) is 10.7 Å². The van der Waals surface area contributed by atoms with Gasteiger partial charge in [0.1, 0.15) is 5.82 Å². The van der Waals surface area contributed by atoms with Crippen molar-refractivity contribution >= 4 is 16.7 Å². The molecule has 1 aromatic heterocycles. The molecule has 21 heavy (non-hydrogen) atoms. The monoisotopic (exact) mass is 281 g/mol. The van der Waals surface area contributed by atoms with Gasteiger partial charge in [0, 0.05) is 18.0 Å². The second kappa shape index (κ2) is 5.30. The summed E-state index contributed by atoms with van der Waals surface area (Å²) in [5.41, 5.74) is 8.26. The lowest BCUT2D eigenvalue weighted by atomic mass is 10.1. The van der Waals surface area contributed by atoms with Crippen LogP contribution in [0.2, 0.25) is 0 Å². The van der Waals surface area contributed by atoms with Gasteiger partial charge in [-0.05, 0) is 62.3 Å². The predicted octanol–water partition coefficient (Wildman–Crippen LogP) is 3.11. The first kappa shape index (κ1) is 13.1. The van der Waals surface area contributed by atoms with Crippen LogP contribution in [0.3, 0.4) is 0 Å². The highest BCUT2D eigenvalue weighted by atomic mass is 15.2. The third-order valence-corrected chi connectivity index (χ3v) is 4.61. The summed E-state index contributed by atoms with van der Waals surface area (Å²) in [6.45, 7) is 1.88. The Labute approximate surface area is 126 Å². The fourth-order valence-electron chi connectivity index (χ4n) is 3.11. The number of anilines is 1. The molecule has 0 radical (unpaired) electrons. The van der Waals surface area contributed by atoms with Crippen molar-refractivity contribution in [1.82, 2.24) is 4.98 Å². The van der Waals surface area contributed by atoms with Crippen LogP contribution in [-0.4, -0.2) is 24.1 Å². The number of nitrogens with zero attached hydrogens (tertiary/aromatic N) is 2. The molecule has 0 atom stereocenters. The molecule has 0 aliphatic heterocycles. The Morgan fingerprint density at radius 2 is 1.95 bits per heavy atom. The van der Waals surface area contributed by atoms with Crippen molar-refractivity contribution in [3.63, 3.8) is 0 Å². The minimum absolute atomic E-state index is 0.689. The van der Waals surface area contributed by atoms with Gasteiger partial charge in [0.05, 0.1) is 5.52 Å². The zero-order valence-electron chi connectivity index (χ0n) is 12.5. The second-order valence-electron chi connectivity index (χ2n) is 6.53. The molecule has 0 spiro atoms. The molecule has 4 rings (SSSR count). The van der Waals surface area contributed by atoms with Crippen molar-refractivity contribution < 1.29 is 0 Å². The smallest absolute Gasteiger partial charge is 0.132 e. The molecule has 3 heteroatoms. The van der Waals surface area contributed by atoms with E-state index in [1.807, 2.05) is 0 Å². The maximum atomic E-state index is 5.83. The quantitative estimate of drug-likeness (QED) is 0.884. The van der Waals surface area contributed by atoms with Gasteiger partial charge in [-0.3, -0.25) is 0 Å². The van der Waals surface area contributed by atoms with Gasteiger partial charge >= 0.3 is 0 Å².